The maximum Gasteiger partial charge on any atom is 0.223 e. The van der Waals surface area contributed by atoms with Crippen molar-refractivity contribution in [2.75, 3.05) is 0 Å². The topological polar surface area (TPSA) is 46.3 Å². The molecule has 0 spiro atoms. The summed E-state index contributed by atoms with van der Waals surface area (Å²) < 4.78 is 0. The molecule has 1 fully saturated rings. The molecular weight excluding hydrogens is 232 g/mol. The predicted octanol–water partition coefficient (Wildman–Crippen LogP) is 2.46. The number of nitrogens with two attached hydrogens (primary N) is 1. The molecule has 3 nitrogen and oxygen atoms in total. The van der Waals surface area contributed by atoms with Crippen LogP contribution in [0, 0.1) is 6.92 Å². The van der Waals surface area contributed by atoms with Crippen molar-refractivity contribution < 1.29 is 4.79 Å². The van der Waals surface area contributed by atoms with Crippen molar-refractivity contribution in [3.63, 3.8) is 0 Å². The van der Waals surface area contributed by atoms with Crippen molar-refractivity contribution in [2.45, 2.75) is 51.7 Å². The van der Waals surface area contributed by atoms with Gasteiger partial charge in [-0.25, -0.2) is 0 Å². The number of nitrogens with zero attached hydrogens (tertiary/aromatic N) is 1. The first-order valence-corrected chi connectivity index (χ1v) is 7.01. The van der Waals surface area contributed by atoms with Crippen LogP contribution in [0.25, 0.3) is 0 Å². The molecule has 2 heterocycles. The van der Waals surface area contributed by atoms with Crippen LogP contribution in [0.5, 0.6) is 0 Å². The highest BCUT2D eigenvalue weighted by Crippen LogP contribution is 2.36. The third-order valence-corrected chi connectivity index (χ3v) is 4.50. The number of carbonyl (C=O) groups is 1. The Labute approximate surface area is 107 Å². The first-order chi connectivity index (χ1) is 8.02. The third-order valence-electron chi connectivity index (χ3n) is 3.41. The zero-order valence-corrected chi connectivity index (χ0v) is 11.5. The average molecular weight is 252 g/mol. The number of hydrogen-bond acceptors (Lipinski definition) is 3. The molecular formula is C13H20N2OS. The fourth-order valence-corrected chi connectivity index (χ4v) is 3.66. The molecule has 2 rings (SSSR count). The Hall–Kier alpha value is -0.870. The third kappa shape index (κ3) is 2.24. The van der Waals surface area contributed by atoms with Crippen LogP contribution >= 0.6 is 11.3 Å². The summed E-state index contributed by atoms with van der Waals surface area (Å²) in [6.45, 7) is 6.22. The molecule has 0 saturated carbocycles. The van der Waals surface area contributed by atoms with Gasteiger partial charge >= 0.3 is 0 Å². The zero-order valence-electron chi connectivity index (χ0n) is 10.6. The highest BCUT2D eigenvalue weighted by Gasteiger charge is 2.37. The molecule has 2 atom stereocenters. The summed E-state index contributed by atoms with van der Waals surface area (Å²) in [7, 11) is 0. The van der Waals surface area contributed by atoms with Crippen molar-refractivity contribution in [3.8, 4) is 0 Å². The minimum Gasteiger partial charge on any atom is -0.331 e. The maximum absolute atomic E-state index is 12.1. The van der Waals surface area contributed by atoms with Crippen LogP contribution in [0.15, 0.2) is 11.4 Å². The summed E-state index contributed by atoms with van der Waals surface area (Å²) in [5.74, 6) is 0.236. The molecule has 0 radical (unpaired) electrons. The van der Waals surface area contributed by atoms with E-state index in [1.807, 2.05) is 4.90 Å². The van der Waals surface area contributed by atoms with Crippen LogP contribution < -0.4 is 5.73 Å². The van der Waals surface area contributed by atoms with E-state index in [1.165, 1.54) is 10.4 Å². The van der Waals surface area contributed by atoms with E-state index in [-0.39, 0.29) is 24.0 Å². The monoisotopic (exact) mass is 252 g/mol. The number of aryl methyl sites for hydroxylation is 1. The first-order valence-electron chi connectivity index (χ1n) is 6.13. The molecule has 94 valence electrons. The van der Waals surface area contributed by atoms with E-state index in [4.69, 9.17) is 5.73 Å². The van der Waals surface area contributed by atoms with Crippen LogP contribution in [0.3, 0.4) is 0 Å². The quantitative estimate of drug-likeness (QED) is 0.879. The SMILES string of the molecule is Cc1ccsc1C1C(N)CCC(=O)N1C(C)C. The van der Waals surface area contributed by atoms with Crippen LogP contribution in [0.4, 0.5) is 0 Å². The van der Waals surface area contributed by atoms with Gasteiger partial charge in [-0.1, -0.05) is 0 Å². The molecule has 4 heteroatoms. The normalized spacial score (nSPS) is 25.7. The number of piperidine rings is 1. The lowest BCUT2D eigenvalue weighted by molar-refractivity contribution is -0.139. The Balaban J connectivity index is 2.39. The van der Waals surface area contributed by atoms with Gasteiger partial charge in [0.1, 0.15) is 0 Å². The fraction of sp³-hybridized carbons (Fsp3) is 0.615. The lowest BCUT2D eigenvalue weighted by Gasteiger charge is -2.42. The molecule has 0 aliphatic carbocycles. The summed E-state index contributed by atoms with van der Waals surface area (Å²) >= 11 is 1.71. The minimum absolute atomic E-state index is 0.0625. The van der Waals surface area contributed by atoms with Gasteiger partial charge in [0.05, 0.1) is 6.04 Å². The molecule has 1 aliphatic heterocycles. The van der Waals surface area contributed by atoms with E-state index in [0.717, 1.165) is 6.42 Å². The summed E-state index contributed by atoms with van der Waals surface area (Å²) in [5.41, 5.74) is 7.49. The summed E-state index contributed by atoms with van der Waals surface area (Å²) in [6, 6.07) is 2.44. The Morgan fingerprint density at radius 2 is 2.24 bits per heavy atom. The van der Waals surface area contributed by atoms with Gasteiger partial charge in [0, 0.05) is 23.4 Å². The van der Waals surface area contributed by atoms with E-state index in [2.05, 4.69) is 32.2 Å². The van der Waals surface area contributed by atoms with Crippen molar-refractivity contribution in [1.29, 1.82) is 0 Å². The molecule has 1 saturated heterocycles. The summed E-state index contributed by atoms with van der Waals surface area (Å²) in [5, 5.41) is 2.08. The molecule has 0 aromatic carbocycles. The predicted molar refractivity (Wildman–Crippen MR) is 71.0 cm³/mol. The Morgan fingerprint density at radius 1 is 1.53 bits per heavy atom. The smallest absolute Gasteiger partial charge is 0.223 e. The lowest BCUT2D eigenvalue weighted by Crippen LogP contribution is -2.51. The Morgan fingerprint density at radius 3 is 2.76 bits per heavy atom. The molecule has 1 aromatic rings. The number of rotatable bonds is 2. The highest BCUT2D eigenvalue weighted by atomic mass is 32.1. The summed E-state index contributed by atoms with van der Waals surface area (Å²) in [4.78, 5) is 15.3. The average Bonchev–Trinajstić information content (AvgIpc) is 2.67. The van der Waals surface area contributed by atoms with Gasteiger partial charge in [-0.3, -0.25) is 4.79 Å². The Kier molecular flexibility index (Phi) is 3.54. The van der Waals surface area contributed by atoms with Crippen molar-refractivity contribution >= 4 is 17.2 Å². The zero-order chi connectivity index (χ0) is 12.6. The van der Waals surface area contributed by atoms with Crippen LogP contribution in [-0.4, -0.2) is 22.9 Å². The molecule has 1 aromatic heterocycles. The molecule has 1 amide bonds. The molecule has 1 aliphatic rings. The van der Waals surface area contributed by atoms with Gasteiger partial charge in [-0.2, -0.15) is 0 Å². The molecule has 2 unspecified atom stereocenters. The van der Waals surface area contributed by atoms with Crippen molar-refractivity contribution in [2.24, 2.45) is 5.73 Å². The van der Waals surface area contributed by atoms with Gasteiger partial charge < -0.3 is 10.6 Å². The van der Waals surface area contributed by atoms with Gasteiger partial charge in [0.2, 0.25) is 5.91 Å². The van der Waals surface area contributed by atoms with E-state index in [1.54, 1.807) is 11.3 Å². The van der Waals surface area contributed by atoms with Crippen molar-refractivity contribution in [3.05, 3.63) is 21.9 Å². The standard InChI is InChI=1S/C13H20N2OS/c1-8(2)15-11(16)5-4-10(14)12(15)13-9(3)6-7-17-13/h6-8,10,12H,4-5,14H2,1-3H3. The number of amides is 1. The number of likely N-dealkylation sites (tertiary alicyclic amines) is 1. The molecule has 2 N–H and O–H groups in total. The highest BCUT2D eigenvalue weighted by molar-refractivity contribution is 7.10. The number of carbonyl (C=O) groups excluding carboxylic acids is 1. The van der Waals surface area contributed by atoms with Gasteiger partial charge in [-0.05, 0) is 44.2 Å². The van der Waals surface area contributed by atoms with E-state index >= 15 is 0 Å². The maximum atomic E-state index is 12.1. The van der Waals surface area contributed by atoms with E-state index in [0.29, 0.717) is 6.42 Å². The second-order valence-corrected chi connectivity index (χ2v) is 5.96. The second kappa shape index (κ2) is 4.78. The number of hydrogen-bond donors (Lipinski definition) is 1. The fourth-order valence-electron chi connectivity index (χ4n) is 2.56. The largest absolute Gasteiger partial charge is 0.331 e. The van der Waals surface area contributed by atoms with E-state index < -0.39 is 0 Å². The first kappa shape index (κ1) is 12.6. The minimum atomic E-state index is 0.0625. The van der Waals surface area contributed by atoms with Gasteiger partial charge in [0.25, 0.3) is 0 Å². The van der Waals surface area contributed by atoms with Gasteiger partial charge in [-0.15, -0.1) is 11.3 Å². The second-order valence-electron chi connectivity index (χ2n) is 5.01. The Bertz CT molecular complexity index is 413. The van der Waals surface area contributed by atoms with Gasteiger partial charge in [0.15, 0.2) is 0 Å². The summed E-state index contributed by atoms with van der Waals surface area (Å²) in [6.07, 6.45) is 1.38. The van der Waals surface area contributed by atoms with E-state index in [9.17, 15) is 4.79 Å². The lowest BCUT2D eigenvalue weighted by atomic mass is 9.92. The molecule has 0 bridgehead atoms. The van der Waals surface area contributed by atoms with Crippen LogP contribution in [0.2, 0.25) is 0 Å². The molecule has 17 heavy (non-hydrogen) atoms. The van der Waals surface area contributed by atoms with Crippen molar-refractivity contribution in [1.82, 2.24) is 4.90 Å². The van der Waals surface area contributed by atoms with Crippen LogP contribution in [0.1, 0.15) is 43.2 Å². The van der Waals surface area contributed by atoms with Crippen LogP contribution in [-0.2, 0) is 4.79 Å². The number of thiophene rings is 1.